The van der Waals surface area contributed by atoms with E-state index in [1.807, 2.05) is 20.3 Å². The average molecular weight is 649 g/mol. The molecule has 0 atom stereocenters. The van der Waals surface area contributed by atoms with Crippen molar-refractivity contribution in [3.05, 3.63) is 66.1 Å². The molecule has 2 rings (SSSR count). The molecular weight excluding hydrogens is 592 g/mol. The van der Waals surface area contributed by atoms with E-state index in [2.05, 4.69) is 13.8 Å². The van der Waals surface area contributed by atoms with Crippen molar-refractivity contribution in [1.82, 2.24) is 0 Å². The van der Waals surface area contributed by atoms with E-state index < -0.39 is 11.9 Å². The maximum absolute atomic E-state index is 10.3. The number of nitrogens with two attached hydrogens (primary N) is 2. The predicted octanol–water partition coefficient (Wildman–Crippen LogP) is 8.99. The molecule has 2 aromatic carbocycles. The molecule has 9 heteroatoms. The predicted molar refractivity (Wildman–Crippen MR) is 177 cm³/mol. The van der Waals surface area contributed by atoms with Crippen LogP contribution in [0.25, 0.3) is 0 Å². The summed E-state index contributed by atoms with van der Waals surface area (Å²) in [5.41, 5.74) is 12.7. The van der Waals surface area contributed by atoms with Crippen LogP contribution in [-0.4, -0.2) is 28.4 Å². The molecule has 8 nitrogen and oxygen atoms in total. The second-order valence-electron chi connectivity index (χ2n) is 10.8. The number of aliphatic carboxylic acids is 1. The first-order chi connectivity index (χ1) is 21.1. The van der Waals surface area contributed by atoms with Crippen LogP contribution in [-0.2, 0) is 33.3 Å². The van der Waals surface area contributed by atoms with Gasteiger partial charge in [-0.25, -0.2) is 4.79 Å². The van der Waals surface area contributed by atoms with Gasteiger partial charge in [0.2, 0.25) is 0 Å². The third-order valence-electron chi connectivity index (χ3n) is 6.11. The van der Waals surface area contributed by atoms with Crippen molar-refractivity contribution >= 4 is 29.6 Å². The minimum atomic E-state index is -0.931. The Bertz CT molecular complexity index is 937. The molecule has 0 amide bonds. The molecule has 2 aromatic rings. The molecule has 246 valence electrons. The van der Waals surface area contributed by atoms with Gasteiger partial charge in [0.25, 0.3) is 0 Å². The van der Waals surface area contributed by atoms with Gasteiger partial charge in [-0.15, -0.1) is 0 Å². The second-order valence-corrected chi connectivity index (χ2v) is 10.8. The Kier molecular flexibility index (Phi) is 35.9. The molecule has 0 saturated carbocycles. The van der Waals surface area contributed by atoms with Crippen molar-refractivity contribution in [2.24, 2.45) is 5.92 Å². The van der Waals surface area contributed by atoms with E-state index >= 15 is 0 Å². The maximum atomic E-state index is 10.3. The average Bonchev–Trinajstić information content (AvgIpc) is 3.00. The van der Waals surface area contributed by atoms with Crippen LogP contribution in [0, 0.1) is 12.3 Å². The summed E-state index contributed by atoms with van der Waals surface area (Å²) < 4.78 is 8.25. The summed E-state index contributed by atoms with van der Waals surface area (Å²) in [6.07, 6.45) is 21.1. The van der Waals surface area contributed by atoms with Crippen LogP contribution in [0.15, 0.2) is 48.5 Å². The van der Waals surface area contributed by atoms with Crippen LogP contribution < -0.4 is 11.5 Å². The third kappa shape index (κ3) is 35.4. The first-order valence-corrected chi connectivity index (χ1v) is 16.2. The molecule has 0 radical (unpaired) electrons. The van der Waals surface area contributed by atoms with Gasteiger partial charge in [-0.3, -0.25) is 4.79 Å². The molecule has 0 heterocycles. The second kappa shape index (κ2) is 34.7. The zero-order chi connectivity index (χ0) is 34.0. The number of anilines is 2. The molecule has 0 saturated heterocycles. The Morgan fingerprint density at radius 3 is 1.36 bits per heavy atom. The topological polar surface area (TPSA) is 161 Å². The normalized spacial score (nSPS) is 9.52. The molecule has 0 aliphatic rings. The van der Waals surface area contributed by atoms with Gasteiger partial charge in [0, 0.05) is 17.8 Å². The number of unbranched alkanes of at least 4 members (excludes halogenated alkanes) is 11. The zero-order valence-electron chi connectivity index (χ0n) is 27.4. The Hall–Kier alpha value is -2.84. The van der Waals surface area contributed by atoms with Gasteiger partial charge in [-0.2, -0.15) is 31.5 Å². The minimum absolute atomic E-state index is 0.259. The van der Waals surface area contributed by atoms with Crippen LogP contribution in [0.5, 0.6) is 0 Å². The molecule has 0 bridgehead atoms. The summed E-state index contributed by atoms with van der Waals surface area (Å²) in [4.78, 5) is 30.6. The van der Waals surface area contributed by atoms with Crippen molar-refractivity contribution in [3.63, 3.8) is 0 Å². The fourth-order valence-corrected chi connectivity index (χ4v) is 3.77. The van der Waals surface area contributed by atoms with Gasteiger partial charge in [-0.1, -0.05) is 103 Å². The van der Waals surface area contributed by atoms with Crippen molar-refractivity contribution < 1.29 is 48.3 Å². The molecule has 0 fully saturated rings. The van der Waals surface area contributed by atoms with E-state index in [0.29, 0.717) is 23.4 Å². The molecular formula is C35H56N2O6Ti. The molecule has 0 aliphatic heterocycles. The van der Waals surface area contributed by atoms with Gasteiger partial charge >= 0.3 is 35.7 Å². The van der Waals surface area contributed by atoms with Gasteiger partial charge in [0.15, 0.2) is 0 Å². The van der Waals surface area contributed by atoms with Crippen LogP contribution in [0.4, 0.5) is 11.4 Å². The van der Waals surface area contributed by atoms with E-state index in [0.717, 1.165) is 39.2 Å². The summed E-state index contributed by atoms with van der Waals surface area (Å²) in [5.74, 6) is -0.719. The number of nitrogen functional groups attached to an aromatic ring is 2. The Morgan fingerprint density at radius 1 is 0.705 bits per heavy atom. The van der Waals surface area contributed by atoms with Gasteiger partial charge in [0.05, 0.1) is 11.8 Å². The van der Waals surface area contributed by atoms with Crippen LogP contribution >= 0.6 is 0 Å². The SMILES string of the molecule is CC(C)CCCCCCCCCCCCCCC(=O)O.C[CH-]C.Nc1ccc(C(=O)O)cc1.Nc1ccc([C-]=O)cc1.[O]=[Ti+2]. The van der Waals surface area contributed by atoms with Crippen molar-refractivity contribution in [1.29, 1.82) is 0 Å². The van der Waals surface area contributed by atoms with Crippen LogP contribution in [0.3, 0.4) is 0 Å². The van der Waals surface area contributed by atoms with Crippen LogP contribution in [0.2, 0.25) is 0 Å². The Labute approximate surface area is 278 Å². The zero-order valence-corrected chi connectivity index (χ0v) is 28.9. The Balaban J connectivity index is -0.000000580. The summed E-state index contributed by atoms with van der Waals surface area (Å²) in [6.45, 7) is 8.61. The standard InChI is InChI=1S/C18H36O2.C7H7NO2.C7H6NO.C3H7.O.Ti/c1-17(2)15-13-11-9-7-5-3-4-6-8-10-12-14-16-18(19)20;8-6-3-1-5(2-4-6)7(9)10;8-7-3-1-6(5-9)2-4-7;1-3-2;;/h17H,3-16H2,1-2H3,(H,19,20);1-4H,8H2,(H,9,10);1-4H,8H2;3H,1-2H3;;/q;;2*-1;;+2. The monoisotopic (exact) mass is 648 g/mol. The number of carbonyl (C=O) groups is 2. The fourth-order valence-electron chi connectivity index (χ4n) is 3.77. The summed E-state index contributed by atoms with van der Waals surface area (Å²) >= 11 is 0.750. The number of hydrogen-bond acceptors (Lipinski definition) is 6. The van der Waals surface area contributed by atoms with E-state index in [4.69, 9.17) is 25.0 Å². The third-order valence-corrected chi connectivity index (χ3v) is 6.11. The van der Waals surface area contributed by atoms with Gasteiger partial charge < -0.3 is 32.9 Å². The fraction of sp³-hybridized carbons (Fsp3) is 0.543. The number of aromatic carboxylic acids is 1. The molecule has 0 unspecified atom stereocenters. The first kappa shape index (κ1) is 45.6. The summed E-state index contributed by atoms with van der Waals surface area (Å²) in [7, 11) is 0. The Morgan fingerprint density at radius 2 is 1.05 bits per heavy atom. The number of hydrogen-bond donors (Lipinski definition) is 4. The molecule has 44 heavy (non-hydrogen) atoms. The van der Waals surface area contributed by atoms with Crippen molar-refractivity contribution in [2.45, 2.75) is 118 Å². The van der Waals surface area contributed by atoms with Crippen molar-refractivity contribution in [2.75, 3.05) is 11.5 Å². The number of carboxylic acid groups (broad SMARTS) is 2. The first-order valence-electron chi connectivity index (χ1n) is 15.6. The van der Waals surface area contributed by atoms with E-state index in [1.54, 1.807) is 42.7 Å². The quantitative estimate of drug-likeness (QED) is 0.0572. The number of benzene rings is 2. The van der Waals surface area contributed by atoms with Gasteiger partial charge in [-0.05, 0) is 36.6 Å². The number of carbonyl (C=O) groups excluding carboxylic acids is 1. The van der Waals surface area contributed by atoms with E-state index in [-0.39, 0.29) is 5.56 Å². The molecule has 0 spiro atoms. The van der Waals surface area contributed by atoms with E-state index in [1.165, 1.54) is 82.8 Å². The summed E-state index contributed by atoms with van der Waals surface area (Å²) in [5, 5.41) is 17.0. The van der Waals surface area contributed by atoms with Gasteiger partial charge in [0.1, 0.15) is 0 Å². The van der Waals surface area contributed by atoms with Crippen LogP contribution in [0.1, 0.15) is 134 Å². The van der Waals surface area contributed by atoms with E-state index in [9.17, 15) is 14.4 Å². The molecule has 6 N–H and O–H groups in total. The number of rotatable bonds is 17. The van der Waals surface area contributed by atoms with Crippen molar-refractivity contribution in [3.8, 4) is 0 Å². The molecule has 0 aliphatic carbocycles. The number of carboxylic acids is 2. The molecule has 0 aromatic heterocycles. The summed E-state index contributed by atoms with van der Waals surface area (Å²) in [6, 6.07) is 12.6.